The molecule has 0 radical (unpaired) electrons. The molecular formula is C28H25BrN2O5. The summed E-state index contributed by atoms with van der Waals surface area (Å²) in [6.07, 6.45) is 1.01. The fourth-order valence-corrected chi connectivity index (χ4v) is 5.81. The Labute approximate surface area is 217 Å². The van der Waals surface area contributed by atoms with Crippen molar-refractivity contribution in [3.05, 3.63) is 81.5 Å². The Hall–Kier alpha value is -3.65. The van der Waals surface area contributed by atoms with Gasteiger partial charge in [-0.05, 0) is 54.4 Å². The van der Waals surface area contributed by atoms with E-state index < -0.39 is 0 Å². The van der Waals surface area contributed by atoms with Gasteiger partial charge in [0.1, 0.15) is 11.5 Å². The maximum atomic E-state index is 13.9. The minimum Gasteiger partial charge on any atom is -0.497 e. The molecule has 7 nitrogen and oxygen atoms in total. The average Bonchev–Trinajstić information content (AvgIpc) is 3.27. The van der Waals surface area contributed by atoms with E-state index in [1.807, 2.05) is 54.6 Å². The van der Waals surface area contributed by atoms with Gasteiger partial charge in [-0.15, -0.1) is 0 Å². The van der Waals surface area contributed by atoms with Crippen LogP contribution < -0.4 is 29.6 Å². The molecule has 3 aromatic carbocycles. The fourth-order valence-electron chi connectivity index (χ4n) is 5.26. The molecule has 0 bridgehead atoms. The summed E-state index contributed by atoms with van der Waals surface area (Å²) < 4.78 is 23.2. The first kappa shape index (κ1) is 22.8. The predicted molar refractivity (Wildman–Crippen MR) is 140 cm³/mol. The highest BCUT2D eigenvalue weighted by molar-refractivity contribution is 9.10. The third kappa shape index (κ3) is 3.86. The van der Waals surface area contributed by atoms with Crippen LogP contribution in [0.1, 0.15) is 35.9 Å². The summed E-state index contributed by atoms with van der Waals surface area (Å²) in [5.74, 6) is 2.87. The van der Waals surface area contributed by atoms with Crippen LogP contribution in [0.4, 0.5) is 11.4 Å². The number of carbonyl (C=O) groups is 1. The minimum atomic E-state index is -0.374. The highest BCUT2D eigenvalue weighted by atomic mass is 79.9. The van der Waals surface area contributed by atoms with Crippen molar-refractivity contribution in [1.82, 2.24) is 0 Å². The normalized spacial score (nSPS) is 20.0. The standard InChI is InChI=1S/C28H25BrN2O5/c1-33-16-7-8-24(34-2)17(11-16)15-9-22-27(23(32)10-15)28(31-21-6-4-3-5-20(21)30-22)18-12-25-26(13-19(18)29)36-14-35-25/h3-8,11-13,15,28,30-31H,9-10,14H2,1-2H3. The van der Waals surface area contributed by atoms with E-state index in [4.69, 9.17) is 18.9 Å². The van der Waals surface area contributed by atoms with Crippen molar-refractivity contribution in [2.45, 2.75) is 24.8 Å². The van der Waals surface area contributed by atoms with Crippen LogP contribution in [0.25, 0.3) is 0 Å². The third-order valence-electron chi connectivity index (χ3n) is 6.99. The maximum Gasteiger partial charge on any atom is 0.231 e. The molecule has 0 aromatic heterocycles. The topological polar surface area (TPSA) is 78.1 Å². The van der Waals surface area contributed by atoms with Crippen molar-refractivity contribution >= 4 is 33.1 Å². The number of allylic oxidation sites excluding steroid dienone is 1. The molecule has 2 atom stereocenters. The number of Topliss-reactive ketones (excluding diaryl/α,β-unsaturated/α-hetero) is 1. The Kier molecular flexibility index (Phi) is 5.76. The molecule has 3 aliphatic rings. The van der Waals surface area contributed by atoms with E-state index in [9.17, 15) is 4.79 Å². The smallest absolute Gasteiger partial charge is 0.231 e. The molecule has 2 unspecified atom stereocenters. The molecule has 2 N–H and O–H groups in total. The number of anilines is 2. The molecule has 184 valence electrons. The van der Waals surface area contributed by atoms with Gasteiger partial charge in [-0.25, -0.2) is 0 Å². The monoisotopic (exact) mass is 548 g/mol. The molecule has 0 amide bonds. The second-order valence-electron chi connectivity index (χ2n) is 9.00. The summed E-state index contributed by atoms with van der Waals surface area (Å²) >= 11 is 3.71. The van der Waals surface area contributed by atoms with Crippen molar-refractivity contribution in [1.29, 1.82) is 0 Å². The zero-order valence-electron chi connectivity index (χ0n) is 19.9. The van der Waals surface area contributed by atoms with E-state index in [0.29, 0.717) is 24.3 Å². The molecule has 0 spiro atoms. The number of rotatable bonds is 4. The lowest BCUT2D eigenvalue weighted by molar-refractivity contribution is -0.116. The van der Waals surface area contributed by atoms with Crippen molar-refractivity contribution < 1.29 is 23.7 Å². The molecule has 0 fully saturated rings. The molecule has 2 aliphatic heterocycles. The summed E-state index contributed by atoms with van der Waals surface area (Å²) in [5, 5.41) is 7.20. The first-order valence-electron chi connectivity index (χ1n) is 11.8. The number of ketones is 1. The highest BCUT2D eigenvalue weighted by Gasteiger charge is 2.38. The first-order chi connectivity index (χ1) is 17.6. The van der Waals surface area contributed by atoms with E-state index >= 15 is 0 Å². The lowest BCUT2D eigenvalue weighted by Crippen LogP contribution is -2.27. The van der Waals surface area contributed by atoms with E-state index in [0.717, 1.165) is 49.7 Å². The summed E-state index contributed by atoms with van der Waals surface area (Å²) in [6.45, 7) is 0.185. The van der Waals surface area contributed by atoms with Crippen LogP contribution in [0.2, 0.25) is 0 Å². The Morgan fingerprint density at radius 2 is 1.69 bits per heavy atom. The van der Waals surface area contributed by atoms with Crippen LogP contribution >= 0.6 is 15.9 Å². The van der Waals surface area contributed by atoms with Gasteiger partial charge >= 0.3 is 0 Å². The fraction of sp³-hybridized carbons (Fsp3) is 0.250. The number of fused-ring (bicyclic) bond motifs is 2. The van der Waals surface area contributed by atoms with Crippen LogP contribution in [-0.2, 0) is 4.79 Å². The Morgan fingerprint density at radius 1 is 0.917 bits per heavy atom. The number of carbonyl (C=O) groups excluding carboxylic acids is 1. The van der Waals surface area contributed by atoms with E-state index in [2.05, 4.69) is 26.6 Å². The predicted octanol–water partition coefficient (Wildman–Crippen LogP) is 6.17. The van der Waals surface area contributed by atoms with E-state index in [-0.39, 0.29) is 24.5 Å². The lowest BCUT2D eigenvalue weighted by atomic mass is 9.78. The first-order valence-corrected chi connectivity index (χ1v) is 12.5. The average molecular weight is 549 g/mol. The zero-order chi connectivity index (χ0) is 24.8. The number of hydrogen-bond acceptors (Lipinski definition) is 7. The Bertz CT molecular complexity index is 1400. The molecule has 8 heteroatoms. The molecule has 6 rings (SSSR count). The number of hydrogen-bond donors (Lipinski definition) is 2. The van der Waals surface area contributed by atoms with Gasteiger partial charge in [0, 0.05) is 33.6 Å². The lowest BCUT2D eigenvalue weighted by Gasteiger charge is -2.31. The van der Waals surface area contributed by atoms with Gasteiger partial charge in [-0.3, -0.25) is 4.79 Å². The van der Waals surface area contributed by atoms with Gasteiger partial charge in [0.05, 0.1) is 31.6 Å². The Morgan fingerprint density at radius 3 is 2.47 bits per heavy atom. The molecule has 36 heavy (non-hydrogen) atoms. The van der Waals surface area contributed by atoms with Gasteiger partial charge in [-0.1, -0.05) is 28.1 Å². The second-order valence-corrected chi connectivity index (χ2v) is 9.86. The molecule has 3 aromatic rings. The minimum absolute atomic E-state index is 0.0556. The number of halogens is 1. The van der Waals surface area contributed by atoms with Crippen LogP contribution in [0, 0.1) is 0 Å². The molecule has 1 aliphatic carbocycles. The van der Waals surface area contributed by atoms with Crippen LogP contribution in [0.15, 0.2) is 70.3 Å². The number of para-hydroxylation sites is 2. The van der Waals surface area contributed by atoms with E-state index in [1.165, 1.54) is 0 Å². The summed E-state index contributed by atoms with van der Waals surface area (Å²) in [4.78, 5) is 13.9. The van der Waals surface area contributed by atoms with Crippen LogP contribution in [-0.4, -0.2) is 26.8 Å². The van der Waals surface area contributed by atoms with Crippen molar-refractivity contribution in [2.24, 2.45) is 0 Å². The van der Waals surface area contributed by atoms with Crippen LogP contribution in [0.5, 0.6) is 23.0 Å². The van der Waals surface area contributed by atoms with Gasteiger partial charge in [0.15, 0.2) is 17.3 Å². The maximum absolute atomic E-state index is 13.9. The summed E-state index contributed by atoms with van der Waals surface area (Å²) in [5.41, 5.74) is 5.35. The number of methoxy groups -OCH3 is 2. The molecule has 0 saturated heterocycles. The highest BCUT2D eigenvalue weighted by Crippen LogP contribution is 2.48. The van der Waals surface area contributed by atoms with Gasteiger partial charge in [0.25, 0.3) is 0 Å². The molecular weight excluding hydrogens is 524 g/mol. The van der Waals surface area contributed by atoms with Crippen LogP contribution in [0.3, 0.4) is 0 Å². The number of ether oxygens (including phenoxy) is 4. The summed E-state index contributed by atoms with van der Waals surface area (Å²) in [7, 11) is 3.29. The zero-order valence-corrected chi connectivity index (χ0v) is 21.5. The second kappa shape index (κ2) is 9.09. The SMILES string of the molecule is COc1ccc(OC)c(C2CC(=O)C3=C(C2)Nc2ccccc2NC3c2cc3c(cc2Br)OCO3)c1. The number of nitrogens with one attached hydrogen (secondary N) is 2. The van der Waals surface area contributed by atoms with Crippen molar-refractivity contribution in [2.75, 3.05) is 31.6 Å². The summed E-state index contributed by atoms with van der Waals surface area (Å²) in [6, 6.07) is 17.2. The number of benzene rings is 3. The van der Waals surface area contributed by atoms with Gasteiger partial charge in [0.2, 0.25) is 6.79 Å². The van der Waals surface area contributed by atoms with Gasteiger partial charge in [-0.2, -0.15) is 0 Å². The quantitative estimate of drug-likeness (QED) is 0.403. The van der Waals surface area contributed by atoms with Gasteiger partial charge < -0.3 is 29.6 Å². The largest absolute Gasteiger partial charge is 0.497 e. The van der Waals surface area contributed by atoms with Crippen molar-refractivity contribution in [3.63, 3.8) is 0 Å². The molecule has 0 saturated carbocycles. The molecule has 2 heterocycles. The van der Waals surface area contributed by atoms with E-state index in [1.54, 1.807) is 14.2 Å². The third-order valence-corrected chi connectivity index (χ3v) is 7.68. The Balaban J connectivity index is 1.48. The van der Waals surface area contributed by atoms with Crippen molar-refractivity contribution in [3.8, 4) is 23.0 Å².